The van der Waals surface area contributed by atoms with Crippen molar-refractivity contribution in [2.45, 2.75) is 52.0 Å². The van der Waals surface area contributed by atoms with E-state index < -0.39 is 36.4 Å². The van der Waals surface area contributed by atoms with Crippen molar-refractivity contribution in [2.24, 2.45) is 0 Å². The van der Waals surface area contributed by atoms with E-state index in [2.05, 4.69) is 5.32 Å². The van der Waals surface area contributed by atoms with Crippen LogP contribution in [0, 0.1) is 19.3 Å². The number of benzene rings is 2. The molecule has 0 unspecified atom stereocenters. The Balaban J connectivity index is 1.51. The third kappa shape index (κ3) is 5.91. The lowest BCUT2D eigenvalue weighted by Crippen LogP contribution is -2.62. The highest BCUT2D eigenvalue weighted by molar-refractivity contribution is 5.96. The maximum atomic E-state index is 13.0. The van der Waals surface area contributed by atoms with Gasteiger partial charge < -0.3 is 19.1 Å². The fraction of sp³-hybridized carbons (Fsp3) is 0.407. The van der Waals surface area contributed by atoms with Gasteiger partial charge >= 0.3 is 18.0 Å². The number of urea groups is 1. The molecule has 0 radical (unpaired) electrons. The van der Waals surface area contributed by atoms with Crippen LogP contribution >= 0.6 is 0 Å². The van der Waals surface area contributed by atoms with Crippen molar-refractivity contribution in [3.05, 3.63) is 70.8 Å². The summed E-state index contributed by atoms with van der Waals surface area (Å²) in [5.41, 5.74) is 2.42. The number of rotatable bonds is 8. The standard InChI is InChI=1S/C27H32N4O6/c1-4-13-30-16-31(27(34)29-26(30)28)23-14-21(37-25(33)20-12-8-6-10-18(20)3)22(36-23)15-35-24(32)19-11-7-5-9-17(19)2/h5-12,21-23H,4,13-16H2,1-3H3,(H2,28,29,34)/t21-,22+,23+/m0/s1. The van der Waals surface area contributed by atoms with Gasteiger partial charge in [-0.05, 0) is 43.5 Å². The molecule has 2 fully saturated rings. The fourth-order valence-corrected chi connectivity index (χ4v) is 4.45. The normalized spacial score (nSPS) is 21.5. The van der Waals surface area contributed by atoms with Crippen molar-refractivity contribution >= 4 is 23.9 Å². The van der Waals surface area contributed by atoms with Crippen LogP contribution in [-0.4, -0.2) is 72.0 Å². The zero-order valence-electron chi connectivity index (χ0n) is 21.2. The first kappa shape index (κ1) is 26.2. The molecule has 0 aromatic heterocycles. The molecule has 2 aliphatic heterocycles. The highest BCUT2D eigenvalue weighted by Crippen LogP contribution is 2.29. The van der Waals surface area contributed by atoms with Crippen LogP contribution in [0.5, 0.6) is 0 Å². The van der Waals surface area contributed by atoms with Crippen molar-refractivity contribution in [1.29, 1.82) is 5.41 Å². The van der Waals surface area contributed by atoms with Gasteiger partial charge in [0.05, 0.1) is 11.1 Å². The zero-order valence-corrected chi connectivity index (χ0v) is 21.2. The highest BCUT2D eigenvalue weighted by atomic mass is 16.6. The molecule has 10 nitrogen and oxygen atoms in total. The third-order valence-corrected chi connectivity index (χ3v) is 6.51. The summed E-state index contributed by atoms with van der Waals surface area (Å²) in [7, 11) is 0. The van der Waals surface area contributed by atoms with E-state index in [1.807, 2.05) is 45.0 Å². The van der Waals surface area contributed by atoms with Crippen LogP contribution in [0.2, 0.25) is 0 Å². The van der Waals surface area contributed by atoms with Crippen LogP contribution in [-0.2, 0) is 14.2 Å². The molecule has 37 heavy (non-hydrogen) atoms. The van der Waals surface area contributed by atoms with Crippen LogP contribution in [0.1, 0.15) is 51.6 Å². The van der Waals surface area contributed by atoms with Crippen molar-refractivity contribution in [1.82, 2.24) is 15.1 Å². The highest BCUT2D eigenvalue weighted by Gasteiger charge is 2.45. The van der Waals surface area contributed by atoms with Gasteiger partial charge in [-0.15, -0.1) is 0 Å². The average molecular weight is 509 g/mol. The largest absolute Gasteiger partial charge is 0.459 e. The maximum absolute atomic E-state index is 13.0. The molecule has 2 saturated heterocycles. The minimum atomic E-state index is -0.778. The van der Waals surface area contributed by atoms with E-state index in [0.29, 0.717) is 17.7 Å². The number of carbonyl (C=O) groups excluding carboxylic acids is 3. The number of amides is 2. The molecule has 2 N–H and O–H groups in total. The van der Waals surface area contributed by atoms with Gasteiger partial charge in [0.2, 0.25) is 5.96 Å². The molecule has 4 rings (SSSR count). The smallest absolute Gasteiger partial charge is 0.338 e. The molecule has 3 atom stereocenters. The van der Waals surface area contributed by atoms with Crippen LogP contribution in [0.25, 0.3) is 0 Å². The first-order valence-corrected chi connectivity index (χ1v) is 12.3. The maximum Gasteiger partial charge on any atom is 0.338 e. The number of aryl methyl sites for hydroxylation is 2. The second-order valence-corrected chi connectivity index (χ2v) is 9.19. The quantitative estimate of drug-likeness (QED) is 0.524. The molecule has 2 heterocycles. The first-order chi connectivity index (χ1) is 17.8. The molecule has 2 amide bonds. The second-order valence-electron chi connectivity index (χ2n) is 9.19. The molecule has 10 heteroatoms. The third-order valence-electron chi connectivity index (χ3n) is 6.51. The first-order valence-electron chi connectivity index (χ1n) is 12.3. The Labute approximate surface area is 216 Å². The lowest BCUT2D eigenvalue weighted by atomic mass is 10.1. The summed E-state index contributed by atoms with van der Waals surface area (Å²) in [6.45, 7) is 6.23. The summed E-state index contributed by atoms with van der Waals surface area (Å²) in [5.74, 6) is -0.986. The summed E-state index contributed by atoms with van der Waals surface area (Å²) in [4.78, 5) is 41.6. The lowest BCUT2D eigenvalue weighted by molar-refractivity contribution is -0.0790. The molecule has 0 spiro atoms. The van der Waals surface area contributed by atoms with Crippen LogP contribution in [0.4, 0.5) is 4.79 Å². The van der Waals surface area contributed by atoms with E-state index in [4.69, 9.17) is 19.6 Å². The van der Waals surface area contributed by atoms with Gasteiger partial charge in [0.1, 0.15) is 31.7 Å². The Bertz CT molecular complexity index is 1180. The lowest BCUT2D eigenvalue weighted by Gasteiger charge is -2.39. The van der Waals surface area contributed by atoms with Crippen LogP contribution < -0.4 is 5.32 Å². The Morgan fingerprint density at radius 3 is 2.30 bits per heavy atom. The molecule has 0 saturated carbocycles. The summed E-state index contributed by atoms with van der Waals surface area (Å²) in [6, 6.07) is 13.7. The predicted octanol–water partition coefficient (Wildman–Crippen LogP) is 3.43. The fourth-order valence-electron chi connectivity index (χ4n) is 4.45. The summed E-state index contributed by atoms with van der Waals surface area (Å²) in [5, 5.41) is 10.6. The molecule has 2 aromatic rings. The number of hydrogen-bond donors (Lipinski definition) is 2. The molecule has 2 aliphatic rings. The SMILES string of the molecule is CCCN1CN([C@H]2C[C@H](OC(=O)c3ccccc3C)[C@@H](COC(=O)c3ccccc3C)O2)C(=O)NC1=N. The van der Waals surface area contributed by atoms with Crippen LogP contribution in [0.15, 0.2) is 48.5 Å². The van der Waals surface area contributed by atoms with E-state index in [1.165, 1.54) is 4.90 Å². The molecular weight excluding hydrogens is 476 g/mol. The number of carbonyl (C=O) groups is 3. The van der Waals surface area contributed by atoms with Gasteiger partial charge in [-0.1, -0.05) is 43.3 Å². The van der Waals surface area contributed by atoms with Crippen LogP contribution in [0.3, 0.4) is 0 Å². The number of nitrogens with one attached hydrogen (secondary N) is 2. The summed E-state index contributed by atoms with van der Waals surface area (Å²) < 4.78 is 17.5. The molecule has 0 bridgehead atoms. The minimum absolute atomic E-state index is 0.0346. The van der Waals surface area contributed by atoms with Gasteiger partial charge in [-0.2, -0.15) is 0 Å². The predicted molar refractivity (Wildman–Crippen MR) is 135 cm³/mol. The number of ether oxygens (including phenoxy) is 3. The average Bonchev–Trinajstić information content (AvgIpc) is 3.26. The van der Waals surface area contributed by atoms with Crippen molar-refractivity contribution < 1.29 is 28.6 Å². The number of guanidine groups is 1. The van der Waals surface area contributed by atoms with E-state index in [9.17, 15) is 14.4 Å². The number of hydrogen-bond acceptors (Lipinski definition) is 7. The zero-order chi connectivity index (χ0) is 26.5. The molecule has 2 aromatic carbocycles. The van der Waals surface area contributed by atoms with Gasteiger partial charge in [0.15, 0.2) is 0 Å². The van der Waals surface area contributed by atoms with Crippen molar-refractivity contribution in [3.8, 4) is 0 Å². The Morgan fingerprint density at radius 2 is 1.68 bits per heavy atom. The topological polar surface area (TPSA) is 121 Å². The summed E-state index contributed by atoms with van der Waals surface area (Å²) >= 11 is 0. The van der Waals surface area contributed by atoms with Gasteiger partial charge in [-0.25, -0.2) is 14.4 Å². The van der Waals surface area contributed by atoms with Gasteiger partial charge in [0.25, 0.3) is 0 Å². The number of esters is 2. The summed E-state index contributed by atoms with van der Waals surface area (Å²) in [6.07, 6.45) is -1.27. The van der Waals surface area contributed by atoms with E-state index >= 15 is 0 Å². The van der Waals surface area contributed by atoms with Gasteiger partial charge in [0, 0.05) is 13.0 Å². The Kier molecular flexibility index (Phi) is 8.08. The molecule has 0 aliphatic carbocycles. The van der Waals surface area contributed by atoms with E-state index in [-0.39, 0.29) is 25.7 Å². The Hall–Kier alpha value is -3.92. The van der Waals surface area contributed by atoms with Crippen molar-refractivity contribution in [2.75, 3.05) is 19.8 Å². The van der Waals surface area contributed by atoms with Gasteiger partial charge in [-0.3, -0.25) is 15.6 Å². The van der Waals surface area contributed by atoms with E-state index in [1.54, 1.807) is 29.2 Å². The van der Waals surface area contributed by atoms with Crippen molar-refractivity contribution in [3.63, 3.8) is 0 Å². The molecule has 196 valence electrons. The minimum Gasteiger partial charge on any atom is -0.459 e. The number of nitrogens with zero attached hydrogens (tertiary/aromatic N) is 2. The second kappa shape index (κ2) is 11.4. The monoisotopic (exact) mass is 508 g/mol. The molecular formula is C27H32N4O6. The van der Waals surface area contributed by atoms with E-state index in [0.717, 1.165) is 17.5 Å². The Morgan fingerprint density at radius 1 is 1.05 bits per heavy atom.